The van der Waals surface area contributed by atoms with E-state index in [2.05, 4.69) is 5.32 Å². The van der Waals surface area contributed by atoms with Crippen molar-refractivity contribution in [3.8, 4) is 5.75 Å². The number of hydrogen-bond donors (Lipinski definition) is 1. The van der Waals surface area contributed by atoms with Crippen molar-refractivity contribution in [2.75, 3.05) is 12.4 Å². The molecule has 25 heavy (non-hydrogen) atoms. The minimum atomic E-state index is -0.930. The van der Waals surface area contributed by atoms with Gasteiger partial charge in [0.05, 0.1) is 12.1 Å². The normalized spacial score (nSPS) is 11.7. The number of thiophene rings is 1. The van der Waals surface area contributed by atoms with Gasteiger partial charge in [-0.25, -0.2) is 4.79 Å². The van der Waals surface area contributed by atoms with Crippen LogP contribution in [-0.2, 0) is 16.0 Å². The van der Waals surface area contributed by atoms with Gasteiger partial charge in [-0.05, 0) is 50.1 Å². The molecule has 2 aromatic rings. The molecule has 1 heterocycles. The molecule has 0 unspecified atom stereocenters. The summed E-state index contributed by atoms with van der Waals surface area (Å²) in [5.74, 6) is -0.416. The standard InChI is InChI=1S/C18H20ClNO4S/c1-5-12-8-16(25-11(12)3)18(22)24-10(2)17(21)20-13-6-7-15(23-4)14(19)9-13/h6-10H,5H2,1-4H3,(H,20,21)/t10-/m1/s1. The van der Waals surface area contributed by atoms with Gasteiger partial charge in [0.2, 0.25) is 0 Å². The summed E-state index contributed by atoms with van der Waals surface area (Å²) in [4.78, 5) is 26.0. The average Bonchev–Trinajstić information content (AvgIpc) is 2.96. The number of nitrogens with one attached hydrogen (secondary N) is 1. The fourth-order valence-electron chi connectivity index (χ4n) is 2.23. The van der Waals surface area contributed by atoms with E-state index in [1.165, 1.54) is 25.4 Å². The summed E-state index contributed by atoms with van der Waals surface area (Å²) < 4.78 is 10.3. The molecule has 0 saturated carbocycles. The van der Waals surface area contributed by atoms with Crippen LogP contribution >= 0.6 is 22.9 Å². The average molecular weight is 382 g/mol. The first-order chi connectivity index (χ1) is 11.8. The Bertz CT molecular complexity index is 787. The number of rotatable bonds is 6. The van der Waals surface area contributed by atoms with E-state index in [0.29, 0.717) is 21.3 Å². The Hall–Kier alpha value is -2.05. The maximum atomic E-state index is 12.2. The predicted octanol–water partition coefficient (Wildman–Crippen LogP) is 4.46. The molecule has 1 aromatic heterocycles. The Morgan fingerprint density at radius 1 is 1.32 bits per heavy atom. The summed E-state index contributed by atoms with van der Waals surface area (Å²) in [5.41, 5.74) is 1.61. The van der Waals surface area contributed by atoms with Crippen molar-refractivity contribution in [2.24, 2.45) is 0 Å². The Labute approximate surface area is 155 Å². The fourth-order valence-corrected chi connectivity index (χ4v) is 3.49. The molecule has 0 bridgehead atoms. The molecule has 1 aromatic carbocycles. The number of anilines is 1. The Balaban J connectivity index is 1.99. The topological polar surface area (TPSA) is 64.6 Å². The molecule has 0 aliphatic carbocycles. The van der Waals surface area contributed by atoms with Crippen LogP contribution in [0.5, 0.6) is 5.75 Å². The second-order valence-electron chi connectivity index (χ2n) is 5.43. The maximum absolute atomic E-state index is 12.2. The molecule has 134 valence electrons. The molecule has 1 amide bonds. The third-order valence-electron chi connectivity index (χ3n) is 3.68. The van der Waals surface area contributed by atoms with Crippen LogP contribution in [0.2, 0.25) is 5.02 Å². The monoisotopic (exact) mass is 381 g/mol. The van der Waals surface area contributed by atoms with E-state index in [1.807, 2.05) is 19.9 Å². The van der Waals surface area contributed by atoms with Crippen molar-refractivity contribution in [3.05, 3.63) is 44.6 Å². The number of amides is 1. The highest BCUT2D eigenvalue weighted by Crippen LogP contribution is 2.27. The number of carbonyl (C=O) groups is 2. The highest BCUT2D eigenvalue weighted by molar-refractivity contribution is 7.14. The van der Waals surface area contributed by atoms with Gasteiger partial charge in [-0.15, -0.1) is 11.3 Å². The minimum Gasteiger partial charge on any atom is -0.495 e. The van der Waals surface area contributed by atoms with Crippen LogP contribution in [0.3, 0.4) is 0 Å². The van der Waals surface area contributed by atoms with Gasteiger partial charge in [0.1, 0.15) is 10.6 Å². The second kappa shape index (κ2) is 8.36. The molecule has 1 N–H and O–H groups in total. The van der Waals surface area contributed by atoms with Gasteiger partial charge in [-0.3, -0.25) is 4.79 Å². The molecular weight excluding hydrogens is 362 g/mol. The summed E-state index contributed by atoms with van der Waals surface area (Å²) >= 11 is 7.40. The van der Waals surface area contributed by atoms with Gasteiger partial charge < -0.3 is 14.8 Å². The number of benzene rings is 1. The van der Waals surface area contributed by atoms with Crippen LogP contribution in [-0.4, -0.2) is 25.1 Å². The molecule has 0 saturated heterocycles. The molecular formula is C18H20ClNO4S. The minimum absolute atomic E-state index is 0.381. The third kappa shape index (κ3) is 4.74. The summed E-state index contributed by atoms with van der Waals surface area (Å²) in [7, 11) is 1.51. The first-order valence-corrected chi connectivity index (χ1v) is 8.99. The molecule has 0 radical (unpaired) electrons. The van der Waals surface area contributed by atoms with Crippen LogP contribution in [0.25, 0.3) is 0 Å². The Morgan fingerprint density at radius 3 is 2.60 bits per heavy atom. The first kappa shape index (κ1) is 19.3. The number of methoxy groups -OCH3 is 1. The van der Waals surface area contributed by atoms with E-state index in [0.717, 1.165) is 16.9 Å². The molecule has 0 spiro atoms. The number of aryl methyl sites for hydroxylation is 2. The van der Waals surface area contributed by atoms with Crippen molar-refractivity contribution < 1.29 is 19.1 Å². The Morgan fingerprint density at radius 2 is 2.04 bits per heavy atom. The molecule has 2 rings (SSSR count). The van der Waals surface area contributed by atoms with E-state index in [4.69, 9.17) is 21.1 Å². The quantitative estimate of drug-likeness (QED) is 0.750. The van der Waals surface area contributed by atoms with Crippen LogP contribution in [0.1, 0.15) is 34.0 Å². The highest BCUT2D eigenvalue weighted by atomic mass is 35.5. The van der Waals surface area contributed by atoms with Crippen molar-refractivity contribution in [3.63, 3.8) is 0 Å². The summed E-state index contributed by atoms with van der Waals surface area (Å²) in [5, 5.41) is 3.05. The number of carbonyl (C=O) groups excluding carboxylic acids is 2. The lowest BCUT2D eigenvalue weighted by Gasteiger charge is -2.13. The van der Waals surface area contributed by atoms with Crippen LogP contribution in [0.4, 0.5) is 5.69 Å². The molecule has 5 nitrogen and oxygen atoms in total. The van der Waals surface area contributed by atoms with E-state index >= 15 is 0 Å². The Kier molecular flexibility index (Phi) is 6.45. The highest BCUT2D eigenvalue weighted by Gasteiger charge is 2.21. The van der Waals surface area contributed by atoms with Crippen molar-refractivity contribution >= 4 is 40.5 Å². The van der Waals surface area contributed by atoms with E-state index in [9.17, 15) is 9.59 Å². The lowest BCUT2D eigenvalue weighted by molar-refractivity contribution is -0.123. The lowest BCUT2D eigenvalue weighted by atomic mass is 10.2. The van der Waals surface area contributed by atoms with Gasteiger partial charge in [0, 0.05) is 10.6 Å². The fraction of sp³-hybridized carbons (Fsp3) is 0.333. The summed E-state index contributed by atoms with van der Waals surface area (Å²) in [6, 6.07) is 6.70. The lowest BCUT2D eigenvalue weighted by Crippen LogP contribution is -2.29. The zero-order valence-electron chi connectivity index (χ0n) is 14.5. The number of halogens is 1. The van der Waals surface area contributed by atoms with Gasteiger partial charge in [0.15, 0.2) is 6.10 Å². The number of hydrogen-bond acceptors (Lipinski definition) is 5. The van der Waals surface area contributed by atoms with Crippen LogP contribution in [0, 0.1) is 6.92 Å². The number of esters is 1. The molecule has 7 heteroatoms. The van der Waals surface area contributed by atoms with Gasteiger partial charge in [0.25, 0.3) is 5.91 Å². The third-order valence-corrected chi connectivity index (χ3v) is 5.04. The summed E-state index contributed by atoms with van der Waals surface area (Å²) in [6.07, 6.45) is -0.0787. The van der Waals surface area contributed by atoms with Crippen molar-refractivity contribution in [1.29, 1.82) is 0 Å². The van der Waals surface area contributed by atoms with E-state index in [1.54, 1.807) is 18.2 Å². The first-order valence-electron chi connectivity index (χ1n) is 7.80. The zero-order chi connectivity index (χ0) is 18.6. The van der Waals surface area contributed by atoms with E-state index < -0.39 is 18.0 Å². The van der Waals surface area contributed by atoms with Crippen LogP contribution < -0.4 is 10.1 Å². The largest absolute Gasteiger partial charge is 0.495 e. The molecule has 0 fully saturated rings. The van der Waals surface area contributed by atoms with Crippen molar-refractivity contribution in [2.45, 2.75) is 33.3 Å². The second-order valence-corrected chi connectivity index (χ2v) is 7.10. The number of ether oxygens (including phenoxy) is 2. The maximum Gasteiger partial charge on any atom is 0.349 e. The van der Waals surface area contributed by atoms with Crippen LogP contribution in [0.15, 0.2) is 24.3 Å². The predicted molar refractivity (Wildman–Crippen MR) is 99.9 cm³/mol. The van der Waals surface area contributed by atoms with Gasteiger partial charge >= 0.3 is 5.97 Å². The molecule has 1 atom stereocenters. The molecule has 0 aliphatic heterocycles. The molecule has 0 aliphatic rings. The SMILES string of the molecule is CCc1cc(C(=O)O[C@H](C)C(=O)Nc2ccc(OC)c(Cl)c2)sc1C. The summed E-state index contributed by atoms with van der Waals surface area (Å²) in [6.45, 7) is 5.52. The zero-order valence-corrected chi connectivity index (χ0v) is 16.1. The van der Waals surface area contributed by atoms with Gasteiger partial charge in [-0.1, -0.05) is 18.5 Å². The van der Waals surface area contributed by atoms with E-state index in [-0.39, 0.29) is 0 Å². The smallest absolute Gasteiger partial charge is 0.349 e. The van der Waals surface area contributed by atoms with Gasteiger partial charge in [-0.2, -0.15) is 0 Å². The van der Waals surface area contributed by atoms with Crippen molar-refractivity contribution in [1.82, 2.24) is 0 Å².